The highest BCUT2D eigenvalue weighted by Gasteiger charge is 2.33. The molecule has 0 radical (unpaired) electrons. The summed E-state index contributed by atoms with van der Waals surface area (Å²) in [6, 6.07) is 0. The maximum absolute atomic E-state index is 5.60. The Labute approximate surface area is 79.1 Å². The molecule has 5 heteroatoms. The third kappa shape index (κ3) is 2.67. The van der Waals surface area contributed by atoms with E-state index in [1.807, 2.05) is 0 Å². The van der Waals surface area contributed by atoms with Gasteiger partial charge in [-0.05, 0) is 6.42 Å². The van der Waals surface area contributed by atoms with Crippen LogP contribution in [0.5, 0.6) is 0 Å². The summed E-state index contributed by atoms with van der Waals surface area (Å²) in [5.41, 5.74) is 0. The third-order valence-electron chi connectivity index (χ3n) is 2.47. The minimum Gasteiger partial charge on any atom is -0.410 e. The summed E-state index contributed by atoms with van der Waals surface area (Å²) < 4.78 is 16.5. The lowest BCUT2D eigenvalue weighted by molar-refractivity contribution is 0.159. The van der Waals surface area contributed by atoms with E-state index in [4.69, 9.17) is 14.0 Å². The van der Waals surface area contributed by atoms with Gasteiger partial charge in [0.05, 0.1) is 0 Å². The van der Waals surface area contributed by atoms with Gasteiger partial charge in [-0.25, -0.2) is 0 Å². The quantitative estimate of drug-likeness (QED) is 0.579. The number of hydrogen-bond acceptors (Lipinski definition) is 4. The van der Waals surface area contributed by atoms with Crippen LogP contribution in [-0.2, 0) is 14.0 Å². The minimum absolute atomic E-state index is 0.0374. The zero-order valence-electron chi connectivity index (χ0n) is 7.83. The van der Waals surface area contributed by atoms with Gasteiger partial charge in [0.1, 0.15) is 0 Å². The molecule has 0 spiro atoms. The molecule has 74 valence electrons. The molecule has 0 bridgehead atoms. The van der Waals surface area contributed by atoms with Gasteiger partial charge in [0, 0.05) is 45.3 Å². The van der Waals surface area contributed by atoms with Crippen LogP contribution in [0.1, 0.15) is 6.42 Å². The molecular weight excluding hydrogens is 169 g/mol. The second-order valence-electron chi connectivity index (χ2n) is 3.48. The standard InChI is InChI=1S/C8H16BNO3/c1-4-11-7-8(1)9-12-5-2-10-3-6-13-9/h8,10H,1-7H2. The van der Waals surface area contributed by atoms with Crippen molar-refractivity contribution in [3.8, 4) is 0 Å². The fraction of sp³-hybridized carbons (Fsp3) is 1.00. The molecule has 0 aromatic heterocycles. The van der Waals surface area contributed by atoms with Crippen molar-refractivity contribution in [1.82, 2.24) is 5.32 Å². The van der Waals surface area contributed by atoms with Crippen LogP contribution in [0.25, 0.3) is 0 Å². The summed E-state index contributed by atoms with van der Waals surface area (Å²) in [4.78, 5) is 0. The largest absolute Gasteiger partial charge is 0.462 e. The molecule has 13 heavy (non-hydrogen) atoms. The van der Waals surface area contributed by atoms with Gasteiger partial charge < -0.3 is 19.4 Å². The number of ether oxygens (including phenoxy) is 1. The van der Waals surface area contributed by atoms with Crippen molar-refractivity contribution in [2.75, 3.05) is 39.5 Å². The van der Waals surface area contributed by atoms with Crippen LogP contribution in [0.3, 0.4) is 0 Å². The molecule has 0 saturated carbocycles. The SMILES string of the molecule is C1COB(C2CCOC2)OCCN1. The summed E-state index contributed by atoms with van der Waals surface area (Å²) in [5.74, 6) is 0.443. The highest BCUT2D eigenvalue weighted by molar-refractivity contribution is 6.46. The van der Waals surface area contributed by atoms with Gasteiger partial charge in [-0.2, -0.15) is 0 Å². The van der Waals surface area contributed by atoms with Crippen molar-refractivity contribution in [3.63, 3.8) is 0 Å². The van der Waals surface area contributed by atoms with E-state index in [0.29, 0.717) is 5.82 Å². The first kappa shape index (κ1) is 9.46. The molecule has 2 aliphatic rings. The first-order valence-electron chi connectivity index (χ1n) is 4.98. The Bertz CT molecular complexity index is 144. The molecule has 0 aromatic rings. The maximum Gasteiger partial charge on any atom is 0.462 e. The fourth-order valence-electron chi connectivity index (χ4n) is 1.71. The fourth-order valence-corrected chi connectivity index (χ4v) is 1.71. The van der Waals surface area contributed by atoms with Crippen LogP contribution in [0, 0.1) is 0 Å². The molecule has 1 unspecified atom stereocenters. The highest BCUT2D eigenvalue weighted by Crippen LogP contribution is 2.23. The minimum atomic E-state index is -0.0374. The molecular formula is C8H16BNO3. The molecule has 2 rings (SSSR count). The van der Waals surface area contributed by atoms with E-state index in [1.54, 1.807) is 0 Å². The molecule has 2 aliphatic heterocycles. The molecule has 1 atom stereocenters. The molecule has 4 nitrogen and oxygen atoms in total. The van der Waals surface area contributed by atoms with Gasteiger partial charge in [0.2, 0.25) is 0 Å². The van der Waals surface area contributed by atoms with Crippen molar-refractivity contribution in [2.24, 2.45) is 0 Å². The average Bonchev–Trinajstić information content (AvgIpc) is 2.55. The van der Waals surface area contributed by atoms with Gasteiger partial charge in [0.15, 0.2) is 0 Å². The van der Waals surface area contributed by atoms with E-state index < -0.39 is 0 Å². The first-order chi connectivity index (χ1) is 6.47. The molecule has 0 aliphatic carbocycles. The lowest BCUT2D eigenvalue weighted by Gasteiger charge is -2.21. The normalized spacial score (nSPS) is 31.4. The third-order valence-corrected chi connectivity index (χ3v) is 2.47. The van der Waals surface area contributed by atoms with Crippen LogP contribution in [0.4, 0.5) is 0 Å². The van der Waals surface area contributed by atoms with Gasteiger partial charge >= 0.3 is 7.12 Å². The molecule has 2 fully saturated rings. The zero-order valence-corrected chi connectivity index (χ0v) is 7.83. The van der Waals surface area contributed by atoms with Crippen LogP contribution in [-0.4, -0.2) is 46.6 Å². The lowest BCUT2D eigenvalue weighted by Crippen LogP contribution is -2.38. The molecule has 2 heterocycles. The Morgan fingerprint density at radius 2 is 1.85 bits per heavy atom. The molecule has 2 saturated heterocycles. The summed E-state index contributed by atoms with van der Waals surface area (Å²) in [6.07, 6.45) is 1.07. The molecule has 1 N–H and O–H groups in total. The van der Waals surface area contributed by atoms with Gasteiger partial charge in [-0.3, -0.25) is 0 Å². The predicted molar refractivity (Wildman–Crippen MR) is 49.7 cm³/mol. The predicted octanol–water partition coefficient (Wildman–Crippen LogP) is -0.0985. The summed E-state index contributed by atoms with van der Waals surface area (Å²) in [6.45, 7) is 4.97. The Balaban J connectivity index is 1.80. The Kier molecular flexibility index (Phi) is 3.60. The lowest BCUT2D eigenvalue weighted by atomic mass is 9.71. The van der Waals surface area contributed by atoms with Crippen LogP contribution in [0.2, 0.25) is 5.82 Å². The van der Waals surface area contributed by atoms with E-state index in [9.17, 15) is 0 Å². The van der Waals surface area contributed by atoms with E-state index in [0.717, 1.165) is 45.9 Å². The summed E-state index contributed by atoms with van der Waals surface area (Å²) in [7, 11) is -0.0374. The second-order valence-corrected chi connectivity index (χ2v) is 3.48. The Morgan fingerprint density at radius 3 is 2.46 bits per heavy atom. The van der Waals surface area contributed by atoms with Crippen molar-refractivity contribution in [3.05, 3.63) is 0 Å². The molecule has 0 amide bonds. The van der Waals surface area contributed by atoms with Crippen LogP contribution < -0.4 is 5.32 Å². The average molecular weight is 185 g/mol. The second kappa shape index (κ2) is 4.95. The van der Waals surface area contributed by atoms with Gasteiger partial charge in [-0.15, -0.1) is 0 Å². The number of rotatable bonds is 1. The van der Waals surface area contributed by atoms with Crippen molar-refractivity contribution < 1.29 is 14.0 Å². The maximum atomic E-state index is 5.60. The van der Waals surface area contributed by atoms with E-state index >= 15 is 0 Å². The monoisotopic (exact) mass is 185 g/mol. The van der Waals surface area contributed by atoms with Crippen LogP contribution in [0.15, 0.2) is 0 Å². The van der Waals surface area contributed by atoms with Gasteiger partial charge in [0.25, 0.3) is 0 Å². The Hall–Kier alpha value is -0.0951. The smallest absolute Gasteiger partial charge is 0.410 e. The van der Waals surface area contributed by atoms with E-state index in [-0.39, 0.29) is 7.12 Å². The summed E-state index contributed by atoms with van der Waals surface area (Å²) in [5, 5.41) is 3.22. The number of nitrogens with one attached hydrogen (secondary N) is 1. The highest BCUT2D eigenvalue weighted by atomic mass is 16.6. The van der Waals surface area contributed by atoms with Crippen LogP contribution >= 0.6 is 0 Å². The molecule has 0 aromatic carbocycles. The summed E-state index contributed by atoms with van der Waals surface area (Å²) >= 11 is 0. The Morgan fingerprint density at radius 1 is 1.08 bits per heavy atom. The van der Waals surface area contributed by atoms with Crippen molar-refractivity contribution in [1.29, 1.82) is 0 Å². The van der Waals surface area contributed by atoms with E-state index in [2.05, 4.69) is 5.32 Å². The first-order valence-corrected chi connectivity index (χ1v) is 4.98. The zero-order chi connectivity index (χ0) is 8.93. The number of hydrogen-bond donors (Lipinski definition) is 1. The van der Waals surface area contributed by atoms with Crippen molar-refractivity contribution in [2.45, 2.75) is 12.2 Å². The van der Waals surface area contributed by atoms with Crippen molar-refractivity contribution >= 4 is 7.12 Å². The van der Waals surface area contributed by atoms with E-state index in [1.165, 1.54) is 0 Å². The van der Waals surface area contributed by atoms with Gasteiger partial charge in [-0.1, -0.05) is 0 Å². The topological polar surface area (TPSA) is 39.7 Å².